The second-order valence-corrected chi connectivity index (χ2v) is 5.50. The maximum atomic E-state index is 10.3. The minimum atomic E-state index is -0.217. The van der Waals surface area contributed by atoms with Gasteiger partial charge in [-0.05, 0) is 37.4 Å². The quantitative estimate of drug-likeness (QED) is 0.743. The van der Waals surface area contributed by atoms with Crippen LogP contribution in [0.4, 0.5) is 0 Å². The molecule has 1 aromatic carbocycles. The fourth-order valence-corrected chi connectivity index (χ4v) is 3.67. The number of aromatic nitrogens is 1. The minimum absolute atomic E-state index is 0.190. The molecule has 2 atom stereocenters. The number of para-hydroxylation sites is 1. The van der Waals surface area contributed by atoms with Gasteiger partial charge in [0.25, 0.3) is 0 Å². The number of hydrogen-bond acceptors (Lipinski definition) is 2. The molecule has 0 bridgehead atoms. The van der Waals surface area contributed by atoms with Crippen molar-refractivity contribution in [2.45, 2.75) is 31.4 Å². The molecule has 0 saturated carbocycles. The summed E-state index contributed by atoms with van der Waals surface area (Å²) < 4.78 is 0. The lowest BCUT2D eigenvalue weighted by molar-refractivity contribution is 0.00272. The second-order valence-electron chi connectivity index (χ2n) is 5.50. The Hall–Kier alpha value is -1.32. The molecule has 2 aliphatic rings. The number of hydrogen-bond donors (Lipinski definition) is 2. The molecule has 2 N–H and O–H groups in total. The summed E-state index contributed by atoms with van der Waals surface area (Å²) in [5, 5.41) is 11.7. The van der Waals surface area contributed by atoms with Gasteiger partial charge < -0.3 is 10.1 Å². The van der Waals surface area contributed by atoms with Gasteiger partial charge in [0.1, 0.15) is 0 Å². The van der Waals surface area contributed by atoms with E-state index >= 15 is 0 Å². The van der Waals surface area contributed by atoms with Crippen molar-refractivity contribution in [1.82, 2.24) is 9.88 Å². The fourth-order valence-electron chi connectivity index (χ4n) is 3.67. The van der Waals surface area contributed by atoms with Gasteiger partial charge in [-0.2, -0.15) is 0 Å². The molecule has 94 valence electrons. The Bertz CT molecular complexity index is 589. The van der Waals surface area contributed by atoms with Crippen LogP contribution in [0, 0.1) is 0 Å². The Morgan fingerprint density at radius 2 is 2.11 bits per heavy atom. The third-order valence-corrected chi connectivity index (χ3v) is 4.49. The molecule has 3 heterocycles. The standard InChI is InChI=1S/C15H18N2O/c18-13-6-3-8-17-9-7-11-10-4-1-2-5-12(10)16-14(11)15(13)17/h1-2,4-5,13,15-16,18H,3,6-9H2. The van der Waals surface area contributed by atoms with Gasteiger partial charge in [0.2, 0.25) is 0 Å². The van der Waals surface area contributed by atoms with Gasteiger partial charge in [-0.3, -0.25) is 4.90 Å². The van der Waals surface area contributed by atoms with Gasteiger partial charge in [0.15, 0.2) is 0 Å². The van der Waals surface area contributed by atoms with E-state index in [0.29, 0.717) is 0 Å². The summed E-state index contributed by atoms with van der Waals surface area (Å²) in [7, 11) is 0. The average Bonchev–Trinajstić information content (AvgIpc) is 2.77. The van der Waals surface area contributed by atoms with Crippen molar-refractivity contribution >= 4 is 10.9 Å². The largest absolute Gasteiger partial charge is 0.391 e. The summed E-state index contributed by atoms with van der Waals surface area (Å²) in [6.45, 7) is 2.20. The van der Waals surface area contributed by atoms with Crippen LogP contribution >= 0.6 is 0 Å². The molecule has 2 aliphatic heterocycles. The van der Waals surface area contributed by atoms with Gasteiger partial charge in [-0.1, -0.05) is 18.2 Å². The van der Waals surface area contributed by atoms with Crippen molar-refractivity contribution in [3.63, 3.8) is 0 Å². The molecule has 0 radical (unpaired) electrons. The fraction of sp³-hybridized carbons (Fsp3) is 0.467. The number of nitrogens with one attached hydrogen (secondary N) is 1. The van der Waals surface area contributed by atoms with E-state index in [1.165, 1.54) is 22.2 Å². The number of aliphatic hydroxyl groups is 1. The highest BCUT2D eigenvalue weighted by atomic mass is 16.3. The summed E-state index contributed by atoms with van der Waals surface area (Å²) >= 11 is 0. The zero-order valence-electron chi connectivity index (χ0n) is 10.4. The Morgan fingerprint density at radius 3 is 3.06 bits per heavy atom. The van der Waals surface area contributed by atoms with E-state index in [0.717, 1.165) is 32.4 Å². The summed E-state index contributed by atoms with van der Waals surface area (Å²) in [5.41, 5.74) is 3.89. The summed E-state index contributed by atoms with van der Waals surface area (Å²) in [5.74, 6) is 0. The summed E-state index contributed by atoms with van der Waals surface area (Å²) in [4.78, 5) is 5.98. The molecule has 18 heavy (non-hydrogen) atoms. The predicted octanol–water partition coefficient (Wildman–Crippen LogP) is 2.22. The number of piperidine rings is 1. The van der Waals surface area contributed by atoms with E-state index in [1.54, 1.807) is 0 Å². The highest BCUT2D eigenvalue weighted by Crippen LogP contribution is 2.39. The number of fused-ring (bicyclic) bond motifs is 5. The van der Waals surface area contributed by atoms with Crippen molar-refractivity contribution < 1.29 is 5.11 Å². The Morgan fingerprint density at radius 1 is 1.22 bits per heavy atom. The molecule has 0 spiro atoms. The van der Waals surface area contributed by atoms with Crippen molar-refractivity contribution in [3.05, 3.63) is 35.5 Å². The smallest absolute Gasteiger partial charge is 0.0764 e. The molecule has 2 unspecified atom stereocenters. The van der Waals surface area contributed by atoms with E-state index in [2.05, 4.69) is 34.1 Å². The van der Waals surface area contributed by atoms with Crippen molar-refractivity contribution in [2.24, 2.45) is 0 Å². The molecule has 3 heteroatoms. The first-order valence-electron chi connectivity index (χ1n) is 6.86. The van der Waals surface area contributed by atoms with Crippen LogP contribution < -0.4 is 0 Å². The third kappa shape index (κ3) is 1.38. The highest BCUT2D eigenvalue weighted by Gasteiger charge is 2.37. The van der Waals surface area contributed by atoms with Crippen LogP contribution in [0.3, 0.4) is 0 Å². The first-order valence-corrected chi connectivity index (χ1v) is 6.86. The first-order chi connectivity index (χ1) is 8.84. The van der Waals surface area contributed by atoms with Crippen molar-refractivity contribution in [2.75, 3.05) is 13.1 Å². The second kappa shape index (κ2) is 3.84. The lowest BCUT2D eigenvalue weighted by Gasteiger charge is -2.42. The molecule has 0 aliphatic carbocycles. The monoisotopic (exact) mass is 242 g/mol. The van der Waals surface area contributed by atoms with Crippen molar-refractivity contribution in [3.8, 4) is 0 Å². The predicted molar refractivity (Wildman–Crippen MR) is 71.6 cm³/mol. The van der Waals surface area contributed by atoms with Gasteiger partial charge >= 0.3 is 0 Å². The molecule has 1 fully saturated rings. The molecular formula is C15H18N2O. The zero-order valence-corrected chi connectivity index (χ0v) is 10.4. The molecule has 4 rings (SSSR count). The lowest BCUT2D eigenvalue weighted by Crippen LogP contribution is -2.45. The number of nitrogens with zero attached hydrogens (tertiary/aromatic N) is 1. The van der Waals surface area contributed by atoms with Crippen molar-refractivity contribution in [1.29, 1.82) is 0 Å². The van der Waals surface area contributed by atoms with Crippen LogP contribution in [0.2, 0.25) is 0 Å². The van der Waals surface area contributed by atoms with Gasteiger partial charge in [0, 0.05) is 23.1 Å². The molecule has 2 aromatic rings. The number of H-pyrrole nitrogens is 1. The maximum absolute atomic E-state index is 10.3. The Balaban J connectivity index is 1.90. The Labute approximate surface area is 106 Å². The van der Waals surface area contributed by atoms with Crippen LogP contribution in [0.5, 0.6) is 0 Å². The van der Waals surface area contributed by atoms with Crippen LogP contribution in [0.15, 0.2) is 24.3 Å². The van der Waals surface area contributed by atoms with E-state index in [-0.39, 0.29) is 12.1 Å². The van der Waals surface area contributed by atoms with Crippen LogP contribution in [0.25, 0.3) is 10.9 Å². The average molecular weight is 242 g/mol. The molecule has 3 nitrogen and oxygen atoms in total. The van der Waals surface area contributed by atoms with Gasteiger partial charge in [-0.15, -0.1) is 0 Å². The molecular weight excluding hydrogens is 224 g/mol. The van der Waals surface area contributed by atoms with E-state index in [4.69, 9.17) is 0 Å². The highest BCUT2D eigenvalue weighted by molar-refractivity contribution is 5.85. The number of rotatable bonds is 0. The van der Waals surface area contributed by atoms with Gasteiger partial charge in [-0.25, -0.2) is 0 Å². The van der Waals surface area contributed by atoms with E-state index < -0.39 is 0 Å². The lowest BCUT2D eigenvalue weighted by atomic mass is 9.89. The van der Waals surface area contributed by atoms with Crippen LogP contribution in [-0.4, -0.2) is 34.2 Å². The van der Waals surface area contributed by atoms with Gasteiger partial charge in [0.05, 0.1) is 12.1 Å². The van der Waals surface area contributed by atoms with E-state index in [1.807, 2.05) is 0 Å². The molecule has 0 amide bonds. The van der Waals surface area contributed by atoms with Crippen LogP contribution in [0.1, 0.15) is 30.1 Å². The number of benzene rings is 1. The zero-order chi connectivity index (χ0) is 12.1. The number of aliphatic hydroxyl groups excluding tert-OH is 1. The minimum Gasteiger partial charge on any atom is -0.391 e. The van der Waals surface area contributed by atoms with Crippen LogP contribution in [-0.2, 0) is 6.42 Å². The SMILES string of the molecule is OC1CCCN2CCc3c([nH]c4ccccc34)C12. The maximum Gasteiger partial charge on any atom is 0.0764 e. The van der Waals surface area contributed by atoms with E-state index in [9.17, 15) is 5.11 Å². The molecule has 1 saturated heterocycles. The summed E-state index contributed by atoms with van der Waals surface area (Å²) in [6, 6.07) is 8.68. The molecule has 1 aromatic heterocycles. The third-order valence-electron chi connectivity index (χ3n) is 4.49. The first kappa shape index (κ1) is 10.6. The topological polar surface area (TPSA) is 39.3 Å². The number of aromatic amines is 1. The summed E-state index contributed by atoms with van der Waals surface area (Å²) in [6.07, 6.45) is 2.93. The Kier molecular flexibility index (Phi) is 2.26. The normalized spacial score (nSPS) is 28.1.